The molecule has 4 rings (SSSR count). The molecule has 0 spiro atoms. The van der Waals surface area contributed by atoms with Crippen LogP contribution in [0.2, 0.25) is 5.02 Å². The van der Waals surface area contributed by atoms with Gasteiger partial charge in [-0.1, -0.05) is 51.3 Å². The van der Waals surface area contributed by atoms with Gasteiger partial charge >= 0.3 is 16.1 Å². The molecular weight excluding hydrogens is 640 g/mol. The summed E-state index contributed by atoms with van der Waals surface area (Å²) in [7, 11) is -4.26. The maximum absolute atomic E-state index is 13.2. The van der Waals surface area contributed by atoms with Crippen molar-refractivity contribution in [3.8, 4) is 5.75 Å². The van der Waals surface area contributed by atoms with Gasteiger partial charge in [0, 0.05) is 15.1 Å². The number of urea groups is 1. The van der Waals surface area contributed by atoms with Gasteiger partial charge in [-0.25, -0.2) is 9.69 Å². The van der Waals surface area contributed by atoms with Crippen molar-refractivity contribution in [1.29, 1.82) is 0 Å². The van der Waals surface area contributed by atoms with E-state index in [1.165, 1.54) is 30.3 Å². The zero-order valence-corrected chi connectivity index (χ0v) is 23.0. The van der Waals surface area contributed by atoms with E-state index in [2.05, 4.69) is 37.2 Å². The highest BCUT2D eigenvalue weighted by Gasteiger charge is 2.37. The molecule has 184 valence electrons. The Morgan fingerprint density at radius 1 is 1.00 bits per heavy atom. The third-order valence-electron chi connectivity index (χ3n) is 5.01. The Morgan fingerprint density at radius 3 is 2.36 bits per heavy atom. The molecule has 8 nitrogen and oxygen atoms in total. The van der Waals surface area contributed by atoms with Crippen LogP contribution >= 0.6 is 43.5 Å². The van der Waals surface area contributed by atoms with Gasteiger partial charge in [0.05, 0.1) is 10.2 Å². The van der Waals surface area contributed by atoms with Crippen LogP contribution in [0.4, 0.5) is 10.5 Å². The first-order chi connectivity index (χ1) is 17.0. The standard InChI is InChI=1S/C24H15Br2ClN2O6S/c1-13-5-7-18(8-6-13)36(33,34)35-21-14(9-15(25)11-20(21)26)10-19-22(30)28-24(32)29(23(19)31)17-4-2-3-16(27)12-17/h2-12H,1H3,(H,28,30,32)/b19-10+. The van der Waals surface area contributed by atoms with Crippen molar-refractivity contribution >= 4 is 83.2 Å². The van der Waals surface area contributed by atoms with E-state index >= 15 is 0 Å². The van der Waals surface area contributed by atoms with Gasteiger partial charge in [-0.2, -0.15) is 8.42 Å². The molecule has 0 aromatic heterocycles. The minimum atomic E-state index is -4.26. The van der Waals surface area contributed by atoms with Crippen molar-refractivity contribution < 1.29 is 27.0 Å². The fourth-order valence-electron chi connectivity index (χ4n) is 3.30. The number of amides is 4. The number of anilines is 1. The molecule has 0 atom stereocenters. The second kappa shape index (κ2) is 10.2. The van der Waals surface area contributed by atoms with E-state index < -0.39 is 33.5 Å². The lowest BCUT2D eigenvalue weighted by Gasteiger charge is -2.26. The largest absolute Gasteiger partial charge is 0.377 e. The SMILES string of the molecule is Cc1ccc(S(=O)(=O)Oc2c(Br)cc(Br)cc2/C=C2\C(=O)NC(=O)N(c3cccc(Cl)c3)C2=O)cc1. The molecule has 0 aliphatic carbocycles. The van der Waals surface area contributed by atoms with Crippen LogP contribution < -0.4 is 14.4 Å². The summed E-state index contributed by atoms with van der Waals surface area (Å²) in [6.07, 6.45) is 1.15. The number of hydrogen-bond acceptors (Lipinski definition) is 6. The fraction of sp³-hybridized carbons (Fsp3) is 0.0417. The van der Waals surface area contributed by atoms with E-state index in [1.54, 1.807) is 30.3 Å². The van der Waals surface area contributed by atoms with Gasteiger partial charge < -0.3 is 4.18 Å². The second-order valence-electron chi connectivity index (χ2n) is 7.59. The molecule has 3 aromatic rings. The number of halogens is 3. The van der Waals surface area contributed by atoms with Crippen LogP contribution in [0.15, 0.2) is 80.1 Å². The summed E-state index contributed by atoms with van der Waals surface area (Å²) >= 11 is 12.6. The quantitative estimate of drug-likeness (QED) is 0.218. The van der Waals surface area contributed by atoms with Crippen LogP contribution in [-0.2, 0) is 19.7 Å². The lowest BCUT2D eigenvalue weighted by atomic mass is 10.1. The molecule has 4 amide bonds. The molecule has 0 saturated carbocycles. The van der Waals surface area contributed by atoms with Gasteiger partial charge in [-0.3, -0.25) is 14.9 Å². The third-order valence-corrected chi connectivity index (χ3v) is 7.53. The Kier molecular flexibility index (Phi) is 7.37. The number of nitrogens with zero attached hydrogens (tertiary/aromatic N) is 1. The Hall–Kier alpha value is -2.99. The first-order valence-electron chi connectivity index (χ1n) is 10.1. The fourth-order valence-corrected chi connectivity index (χ4v) is 5.90. The molecule has 1 aliphatic heterocycles. The van der Waals surface area contributed by atoms with Crippen LogP contribution in [0.3, 0.4) is 0 Å². The molecule has 0 radical (unpaired) electrons. The topological polar surface area (TPSA) is 110 Å². The van der Waals surface area contributed by atoms with E-state index in [9.17, 15) is 22.8 Å². The Balaban J connectivity index is 1.79. The van der Waals surface area contributed by atoms with Crippen molar-refractivity contribution in [1.82, 2.24) is 5.32 Å². The zero-order chi connectivity index (χ0) is 26.2. The van der Waals surface area contributed by atoms with E-state index in [-0.39, 0.29) is 31.4 Å². The number of carbonyl (C=O) groups excluding carboxylic acids is 3. The molecule has 1 heterocycles. The summed E-state index contributed by atoms with van der Waals surface area (Å²) in [5.41, 5.74) is 0.685. The maximum Gasteiger partial charge on any atom is 0.339 e. The molecule has 3 aromatic carbocycles. The van der Waals surface area contributed by atoms with Crippen molar-refractivity contribution in [3.05, 3.63) is 91.3 Å². The number of benzene rings is 3. The molecule has 1 fully saturated rings. The lowest BCUT2D eigenvalue weighted by molar-refractivity contribution is -0.122. The molecule has 36 heavy (non-hydrogen) atoms. The Bertz CT molecular complexity index is 1560. The highest BCUT2D eigenvalue weighted by atomic mass is 79.9. The highest BCUT2D eigenvalue weighted by molar-refractivity contribution is 9.11. The number of barbiturate groups is 1. The van der Waals surface area contributed by atoms with Gasteiger partial charge in [0.2, 0.25) is 0 Å². The highest BCUT2D eigenvalue weighted by Crippen LogP contribution is 2.37. The van der Waals surface area contributed by atoms with Gasteiger partial charge in [-0.15, -0.1) is 0 Å². The molecular formula is C24H15Br2ClN2O6S. The Labute approximate surface area is 228 Å². The summed E-state index contributed by atoms with van der Waals surface area (Å²) < 4.78 is 32.1. The van der Waals surface area contributed by atoms with Crippen LogP contribution in [0.1, 0.15) is 11.1 Å². The predicted octanol–water partition coefficient (Wildman–Crippen LogP) is 5.61. The van der Waals surface area contributed by atoms with Crippen LogP contribution in [0.5, 0.6) is 5.75 Å². The van der Waals surface area contributed by atoms with Crippen molar-refractivity contribution in [3.63, 3.8) is 0 Å². The average Bonchev–Trinajstić information content (AvgIpc) is 2.79. The monoisotopic (exact) mass is 652 g/mol. The molecule has 0 bridgehead atoms. The van der Waals surface area contributed by atoms with Crippen molar-refractivity contribution in [2.24, 2.45) is 0 Å². The summed E-state index contributed by atoms with van der Waals surface area (Å²) in [5, 5.41) is 2.39. The van der Waals surface area contributed by atoms with Gasteiger partial charge in [-0.05, 0) is 71.4 Å². The van der Waals surface area contributed by atoms with Gasteiger partial charge in [0.25, 0.3) is 11.8 Å². The molecule has 12 heteroatoms. The minimum absolute atomic E-state index is 0.0780. The van der Waals surface area contributed by atoms with Crippen LogP contribution in [-0.4, -0.2) is 26.3 Å². The van der Waals surface area contributed by atoms with Gasteiger partial charge in [0.15, 0.2) is 5.75 Å². The number of imide groups is 2. The van der Waals surface area contributed by atoms with E-state index in [0.717, 1.165) is 16.5 Å². The lowest BCUT2D eigenvalue weighted by Crippen LogP contribution is -2.54. The number of hydrogen-bond donors (Lipinski definition) is 1. The predicted molar refractivity (Wildman–Crippen MR) is 141 cm³/mol. The summed E-state index contributed by atoms with van der Waals surface area (Å²) in [4.78, 5) is 39.0. The summed E-state index contributed by atoms with van der Waals surface area (Å²) in [5.74, 6) is -2.03. The van der Waals surface area contributed by atoms with Crippen molar-refractivity contribution in [2.45, 2.75) is 11.8 Å². The molecule has 0 unspecified atom stereocenters. The average molecular weight is 655 g/mol. The molecule has 1 saturated heterocycles. The zero-order valence-electron chi connectivity index (χ0n) is 18.3. The first-order valence-corrected chi connectivity index (χ1v) is 13.5. The van der Waals surface area contributed by atoms with Crippen LogP contribution in [0.25, 0.3) is 6.08 Å². The third kappa shape index (κ3) is 5.39. The number of rotatable bonds is 5. The summed E-state index contributed by atoms with van der Waals surface area (Å²) in [6.45, 7) is 1.82. The van der Waals surface area contributed by atoms with E-state index in [4.69, 9.17) is 15.8 Å². The van der Waals surface area contributed by atoms with Gasteiger partial charge in [0.1, 0.15) is 10.5 Å². The minimum Gasteiger partial charge on any atom is -0.377 e. The number of carbonyl (C=O) groups is 3. The maximum atomic E-state index is 13.2. The van der Waals surface area contributed by atoms with E-state index in [1.807, 2.05) is 6.92 Å². The normalized spacial score (nSPS) is 15.3. The van der Waals surface area contributed by atoms with Crippen LogP contribution in [0, 0.1) is 6.92 Å². The van der Waals surface area contributed by atoms with Crippen molar-refractivity contribution in [2.75, 3.05) is 4.90 Å². The first kappa shape index (κ1) is 26.1. The smallest absolute Gasteiger partial charge is 0.339 e. The molecule has 1 aliphatic rings. The number of nitrogens with one attached hydrogen (secondary N) is 1. The second-order valence-corrected chi connectivity index (χ2v) is 11.3. The molecule has 1 N–H and O–H groups in total. The van der Waals surface area contributed by atoms with E-state index in [0.29, 0.717) is 4.47 Å². The Morgan fingerprint density at radius 2 is 1.69 bits per heavy atom. The summed E-state index contributed by atoms with van der Waals surface area (Å²) in [6, 6.07) is 14.1. The number of aryl methyl sites for hydroxylation is 1.